The highest BCUT2D eigenvalue weighted by atomic mass is 16.5. The van der Waals surface area contributed by atoms with Crippen LogP contribution in [0.25, 0.3) is 0 Å². The maximum Gasteiger partial charge on any atom is 0.0642 e. The van der Waals surface area contributed by atoms with Crippen LogP contribution in [0.2, 0.25) is 0 Å². The van der Waals surface area contributed by atoms with Crippen LogP contribution in [0.4, 0.5) is 11.4 Å². The van der Waals surface area contributed by atoms with Crippen molar-refractivity contribution in [2.45, 2.75) is 39.5 Å². The van der Waals surface area contributed by atoms with Gasteiger partial charge in [-0.05, 0) is 36.6 Å². The highest BCUT2D eigenvalue weighted by Crippen LogP contribution is 2.20. The van der Waals surface area contributed by atoms with Crippen molar-refractivity contribution in [2.75, 3.05) is 43.1 Å². The summed E-state index contributed by atoms with van der Waals surface area (Å²) in [7, 11) is 0. The molecule has 2 rings (SSSR count). The van der Waals surface area contributed by atoms with E-state index in [0.717, 1.165) is 38.8 Å². The van der Waals surface area contributed by atoms with Gasteiger partial charge in [0.1, 0.15) is 0 Å². The topological polar surface area (TPSA) is 24.5 Å². The van der Waals surface area contributed by atoms with Gasteiger partial charge in [0, 0.05) is 31.0 Å². The molecular weight excluding hydrogens is 260 g/mol. The fourth-order valence-electron chi connectivity index (χ4n) is 2.82. The Hall–Kier alpha value is -1.22. The van der Waals surface area contributed by atoms with Crippen molar-refractivity contribution in [2.24, 2.45) is 5.92 Å². The number of nitrogens with one attached hydrogen (secondary N) is 1. The van der Waals surface area contributed by atoms with Gasteiger partial charge in [0.05, 0.1) is 13.2 Å². The van der Waals surface area contributed by atoms with E-state index in [1.807, 2.05) is 0 Å². The summed E-state index contributed by atoms with van der Waals surface area (Å²) in [6.07, 6.45) is 5.24. The van der Waals surface area contributed by atoms with E-state index in [9.17, 15) is 0 Å². The number of hydrogen-bond acceptors (Lipinski definition) is 3. The summed E-state index contributed by atoms with van der Waals surface area (Å²) in [5.41, 5.74) is 2.55. The van der Waals surface area contributed by atoms with Crippen LogP contribution in [-0.2, 0) is 4.74 Å². The lowest BCUT2D eigenvalue weighted by Crippen LogP contribution is -2.36. The molecule has 1 atom stereocenters. The van der Waals surface area contributed by atoms with Gasteiger partial charge in [0.15, 0.2) is 0 Å². The number of morpholine rings is 1. The first-order chi connectivity index (χ1) is 10.3. The third kappa shape index (κ3) is 5.24. The van der Waals surface area contributed by atoms with E-state index >= 15 is 0 Å². The summed E-state index contributed by atoms with van der Waals surface area (Å²) in [5.74, 6) is 0.795. The molecule has 1 N–H and O–H groups in total. The number of ether oxygens (including phenoxy) is 1. The van der Waals surface area contributed by atoms with Crippen LogP contribution in [0.1, 0.15) is 39.5 Å². The zero-order valence-corrected chi connectivity index (χ0v) is 13.6. The Kier molecular flexibility index (Phi) is 6.87. The van der Waals surface area contributed by atoms with Crippen molar-refractivity contribution in [1.82, 2.24) is 0 Å². The van der Waals surface area contributed by atoms with E-state index < -0.39 is 0 Å². The van der Waals surface area contributed by atoms with E-state index in [1.165, 1.54) is 37.1 Å². The molecule has 1 unspecified atom stereocenters. The summed E-state index contributed by atoms with van der Waals surface area (Å²) in [5, 5.41) is 3.59. The highest BCUT2D eigenvalue weighted by Gasteiger charge is 2.11. The summed E-state index contributed by atoms with van der Waals surface area (Å²) < 4.78 is 5.40. The minimum atomic E-state index is 0.795. The molecule has 118 valence electrons. The van der Waals surface area contributed by atoms with E-state index in [0.29, 0.717) is 0 Å². The van der Waals surface area contributed by atoms with Crippen LogP contribution in [0, 0.1) is 5.92 Å². The lowest BCUT2D eigenvalue weighted by Gasteiger charge is -2.29. The molecule has 3 nitrogen and oxygen atoms in total. The number of anilines is 2. The summed E-state index contributed by atoms with van der Waals surface area (Å²) >= 11 is 0. The average Bonchev–Trinajstić information content (AvgIpc) is 2.56. The van der Waals surface area contributed by atoms with Gasteiger partial charge < -0.3 is 15.0 Å². The first-order valence-electron chi connectivity index (χ1n) is 8.50. The molecule has 0 aliphatic carbocycles. The maximum absolute atomic E-state index is 5.40. The van der Waals surface area contributed by atoms with Gasteiger partial charge in [-0.25, -0.2) is 0 Å². The first-order valence-corrected chi connectivity index (χ1v) is 8.50. The van der Waals surface area contributed by atoms with E-state index in [-0.39, 0.29) is 0 Å². The van der Waals surface area contributed by atoms with E-state index in [2.05, 4.69) is 48.3 Å². The normalized spacial score (nSPS) is 16.8. The van der Waals surface area contributed by atoms with Crippen LogP contribution in [0.5, 0.6) is 0 Å². The Morgan fingerprint density at radius 1 is 1.14 bits per heavy atom. The Labute approximate surface area is 129 Å². The molecule has 1 aromatic carbocycles. The quantitative estimate of drug-likeness (QED) is 0.778. The van der Waals surface area contributed by atoms with E-state index in [4.69, 9.17) is 4.74 Å². The third-order valence-corrected chi connectivity index (χ3v) is 4.38. The number of benzene rings is 1. The Balaban J connectivity index is 1.81. The lowest BCUT2D eigenvalue weighted by atomic mass is 9.99. The van der Waals surface area contributed by atoms with Crippen LogP contribution in [-0.4, -0.2) is 32.8 Å². The van der Waals surface area contributed by atoms with Crippen molar-refractivity contribution in [3.63, 3.8) is 0 Å². The number of rotatable bonds is 8. The molecule has 0 aromatic heterocycles. The molecule has 1 heterocycles. The molecule has 3 heteroatoms. The predicted molar refractivity (Wildman–Crippen MR) is 91.3 cm³/mol. The molecule has 0 amide bonds. The maximum atomic E-state index is 5.40. The third-order valence-electron chi connectivity index (χ3n) is 4.38. The van der Waals surface area contributed by atoms with Crippen molar-refractivity contribution < 1.29 is 4.74 Å². The van der Waals surface area contributed by atoms with Gasteiger partial charge in [-0.3, -0.25) is 0 Å². The second-order valence-electron chi connectivity index (χ2n) is 5.94. The Bertz CT molecular complexity index is 385. The largest absolute Gasteiger partial charge is 0.385 e. The summed E-state index contributed by atoms with van der Waals surface area (Å²) in [6.45, 7) is 9.34. The molecule has 21 heavy (non-hydrogen) atoms. The molecule has 0 spiro atoms. The summed E-state index contributed by atoms with van der Waals surface area (Å²) in [6, 6.07) is 8.86. The van der Waals surface area contributed by atoms with E-state index in [1.54, 1.807) is 0 Å². The Morgan fingerprint density at radius 3 is 2.48 bits per heavy atom. The zero-order chi connectivity index (χ0) is 14.9. The molecule has 1 aliphatic rings. The van der Waals surface area contributed by atoms with Gasteiger partial charge in [-0.2, -0.15) is 0 Å². The lowest BCUT2D eigenvalue weighted by molar-refractivity contribution is 0.122. The molecule has 0 saturated carbocycles. The van der Waals surface area contributed by atoms with Crippen LogP contribution in [0.3, 0.4) is 0 Å². The second kappa shape index (κ2) is 8.93. The van der Waals surface area contributed by atoms with Crippen LogP contribution in [0.15, 0.2) is 24.3 Å². The zero-order valence-electron chi connectivity index (χ0n) is 13.6. The van der Waals surface area contributed by atoms with Gasteiger partial charge in [0.25, 0.3) is 0 Å². The van der Waals surface area contributed by atoms with Crippen molar-refractivity contribution in [1.29, 1.82) is 0 Å². The molecule has 1 aromatic rings. The fraction of sp³-hybridized carbons (Fsp3) is 0.667. The Morgan fingerprint density at radius 2 is 1.86 bits per heavy atom. The van der Waals surface area contributed by atoms with Gasteiger partial charge in [-0.15, -0.1) is 0 Å². The average molecular weight is 290 g/mol. The number of nitrogens with zero attached hydrogens (tertiary/aromatic N) is 1. The van der Waals surface area contributed by atoms with Crippen LogP contribution < -0.4 is 10.2 Å². The highest BCUT2D eigenvalue weighted by molar-refractivity contribution is 5.55. The van der Waals surface area contributed by atoms with Crippen molar-refractivity contribution >= 4 is 11.4 Å². The molecule has 1 aliphatic heterocycles. The number of hydrogen-bond donors (Lipinski definition) is 1. The first kappa shape index (κ1) is 16.2. The number of unbranched alkanes of at least 4 members (excludes halogenated alkanes) is 1. The smallest absolute Gasteiger partial charge is 0.0642 e. The fourth-order valence-corrected chi connectivity index (χ4v) is 2.82. The predicted octanol–water partition coefficient (Wildman–Crippen LogP) is 4.15. The second-order valence-corrected chi connectivity index (χ2v) is 5.94. The molecule has 1 saturated heterocycles. The van der Waals surface area contributed by atoms with Gasteiger partial charge >= 0.3 is 0 Å². The summed E-state index contributed by atoms with van der Waals surface area (Å²) in [4.78, 5) is 2.39. The van der Waals surface area contributed by atoms with Gasteiger partial charge in [-0.1, -0.05) is 33.1 Å². The standard InChI is InChI=1S/C18H30N2O/c1-3-5-6-16(4-2)15-19-17-7-9-18(10-8-17)20-11-13-21-14-12-20/h7-10,16,19H,3-6,11-15H2,1-2H3. The monoisotopic (exact) mass is 290 g/mol. The minimum Gasteiger partial charge on any atom is -0.385 e. The molecular formula is C18H30N2O. The van der Waals surface area contributed by atoms with Crippen LogP contribution >= 0.6 is 0 Å². The molecule has 0 bridgehead atoms. The SMILES string of the molecule is CCCCC(CC)CNc1ccc(N2CCOCC2)cc1. The van der Waals surface area contributed by atoms with Crippen molar-refractivity contribution in [3.8, 4) is 0 Å². The minimum absolute atomic E-state index is 0.795. The molecule has 0 radical (unpaired) electrons. The molecule has 1 fully saturated rings. The van der Waals surface area contributed by atoms with Crippen molar-refractivity contribution in [3.05, 3.63) is 24.3 Å². The van der Waals surface area contributed by atoms with Gasteiger partial charge in [0.2, 0.25) is 0 Å².